The van der Waals surface area contributed by atoms with Crippen molar-refractivity contribution in [1.29, 1.82) is 0 Å². The second kappa shape index (κ2) is 6.75. The zero-order valence-electron chi connectivity index (χ0n) is 12.2. The number of aromatic nitrogens is 1. The highest BCUT2D eigenvalue weighted by Crippen LogP contribution is 2.41. The third-order valence-electron chi connectivity index (χ3n) is 4.02. The van der Waals surface area contributed by atoms with Crippen LogP contribution in [-0.2, 0) is 13.0 Å². The highest BCUT2D eigenvalue weighted by Gasteiger charge is 2.35. The van der Waals surface area contributed by atoms with Crippen molar-refractivity contribution in [1.82, 2.24) is 9.88 Å². The lowest BCUT2D eigenvalue weighted by atomic mass is 10.1. The summed E-state index contributed by atoms with van der Waals surface area (Å²) in [5.74, 6) is 0. The maximum Gasteiger partial charge on any atom is 0.131 e. The van der Waals surface area contributed by atoms with Gasteiger partial charge in [0.25, 0.3) is 0 Å². The molecule has 0 amide bonds. The van der Waals surface area contributed by atoms with E-state index in [1.807, 2.05) is 18.0 Å². The molecule has 0 aliphatic heterocycles. The SMILES string of the molecule is CN(Cc1cc(Cl)nc(Cl)c1)[C@@H]1c2cc(Cl)cc(Cl)c2C[C@H]1O. The first-order valence-electron chi connectivity index (χ1n) is 7.03. The molecule has 2 aromatic rings. The van der Waals surface area contributed by atoms with Crippen LogP contribution >= 0.6 is 46.4 Å². The molecule has 0 saturated heterocycles. The molecule has 2 atom stereocenters. The monoisotopic (exact) mass is 390 g/mol. The first-order chi connectivity index (χ1) is 10.8. The minimum absolute atomic E-state index is 0.188. The van der Waals surface area contributed by atoms with E-state index in [0.717, 1.165) is 16.7 Å². The molecule has 0 spiro atoms. The molecule has 0 bridgehead atoms. The predicted molar refractivity (Wildman–Crippen MR) is 94.6 cm³/mol. The van der Waals surface area contributed by atoms with Gasteiger partial charge in [0.1, 0.15) is 10.3 Å². The third kappa shape index (κ3) is 3.60. The Kier molecular flexibility index (Phi) is 5.07. The number of hydrogen-bond acceptors (Lipinski definition) is 3. The first-order valence-corrected chi connectivity index (χ1v) is 8.54. The summed E-state index contributed by atoms with van der Waals surface area (Å²) < 4.78 is 0. The van der Waals surface area contributed by atoms with Crippen LogP contribution in [0.1, 0.15) is 22.7 Å². The van der Waals surface area contributed by atoms with Gasteiger partial charge in [0.05, 0.1) is 12.1 Å². The molecular weight excluding hydrogens is 378 g/mol. The molecule has 1 N–H and O–H groups in total. The summed E-state index contributed by atoms with van der Waals surface area (Å²) in [6, 6.07) is 6.91. The van der Waals surface area contributed by atoms with Gasteiger partial charge in [-0.1, -0.05) is 46.4 Å². The van der Waals surface area contributed by atoms with Crippen LogP contribution in [0, 0.1) is 0 Å². The predicted octanol–water partition coefficient (Wildman–Crippen LogP) is 4.79. The van der Waals surface area contributed by atoms with Gasteiger partial charge >= 0.3 is 0 Å². The molecule has 1 heterocycles. The van der Waals surface area contributed by atoms with E-state index in [9.17, 15) is 5.11 Å². The molecule has 0 fully saturated rings. The van der Waals surface area contributed by atoms with Crippen LogP contribution in [0.5, 0.6) is 0 Å². The zero-order valence-corrected chi connectivity index (χ0v) is 15.3. The third-order valence-corrected chi connectivity index (χ3v) is 4.96. The van der Waals surface area contributed by atoms with Gasteiger partial charge in [0.2, 0.25) is 0 Å². The van der Waals surface area contributed by atoms with Gasteiger partial charge in [-0.2, -0.15) is 0 Å². The molecule has 23 heavy (non-hydrogen) atoms. The molecule has 0 radical (unpaired) electrons. The van der Waals surface area contributed by atoms with E-state index in [-0.39, 0.29) is 6.04 Å². The van der Waals surface area contributed by atoms with Gasteiger partial charge in [-0.25, -0.2) is 4.98 Å². The Balaban J connectivity index is 1.90. The number of aliphatic hydroxyl groups excluding tert-OH is 1. The lowest BCUT2D eigenvalue weighted by Crippen LogP contribution is -2.30. The van der Waals surface area contributed by atoms with Crippen LogP contribution in [0.3, 0.4) is 0 Å². The number of nitrogens with zero attached hydrogens (tertiary/aromatic N) is 2. The first kappa shape index (κ1) is 17.3. The van der Waals surface area contributed by atoms with Crippen LogP contribution in [-0.4, -0.2) is 28.1 Å². The van der Waals surface area contributed by atoms with Gasteiger partial charge in [0.15, 0.2) is 0 Å². The van der Waals surface area contributed by atoms with Crippen molar-refractivity contribution >= 4 is 46.4 Å². The molecule has 1 aromatic carbocycles. The Morgan fingerprint density at radius 2 is 1.78 bits per heavy atom. The summed E-state index contributed by atoms with van der Waals surface area (Å²) in [6.45, 7) is 0.563. The standard InChI is InChI=1S/C16H14Cl4N2O/c1-22(7-8-2-14(19)21-15(20)3-8)16-11-4-9(17)5-12(18)10(11)6-13(16)23/h2-5,13,16,23H,6-7H2,1H3/t13-,16-/m1/s1. The van der Waals surface area contributed by atoms with E-state index >= 15 is 0 Å². The summed E-state index contributed by atoms with van der Waals surface area (Å²) in [7, 11) is 1.93. The number of fused-ring (bicyclic) bond motifs is 1. The zero-order chi connectivity index (χ0) is 16.7. The molecule has 1 aromatic heterocycles. The van der Waals surface area contributed by atoms with Crippen LogP contribution in [0.25, 0.3) is 0 Å². The number of pyridine rings is 1. The average Bonchev–Trinajstić information content (AvgIpc) is 2.74. The smallest absolute Gasteiger partial charge is 0.131 e. The van der Waals surface area contributed by atoms with Crippen molar-refractivity contribution in [2.45, 2.75) is 25.1 Å². The fourth-order valence-corrected chi connectivity index (χ4v) is 4.25. The normalized spacial score (nSPS) is 20.1. The number of benzene rings is 1. The fraction of sp³-hybridized carbons (Fsp3) is 0.312. The van der Waals surface area contributed by atoms with E-state index in [4.69, 9.17) is 46.4 Å². The number of aliphatic hydroxyl groups is 1. The number of halogens is 4. The van der Waals surface area contributed by atoms with Gasteiger partial charge in [-0.3, -0.25) is 4.90 Å². The molecular formula is C16H14Cl4N2O. The largest absolute Gasteiger partial charge is 0.391 e. The van der Waals surface area contributed by atoms with E-state index in [1.165, 1.54) is 0 Å². The Labute approximate surface area is 154 Å². The molecule has 1 aliphatic carbocycles. The average molecular weight is 392 g/mol. The van der Waals surface area contributed by atoms with Crippen molar-refractivity contribution in [3.05, 3.63) is 61.3 Å². The molecule has 3 nitrogen and oxygen atoms in total. The van der Waals surface area contributed by atoms with Gasteiger partial charge in [0, 0.05) is 23.0 Å². The maximum atomic E-state index is 10.5. The molecule has 0 unspecified atom stereocenters. The number of likely N-dealkylation sites (N-methyl/N-ethyl adjacent to an activating group) is 1. The summed E-state index contributed by atoms with van der Waals surface area (Å²) in [5, 5.41) is 12.3. The molecule has 0 saturated carbocycles. The van der Waals surface area contributed by atoms with Gasteiger partial charge in [-0.15, -0.1) is 0 Å². The molecule has 3 rings (SSSR count). The number of rotatable bonds is 3. The second-order valence-corrected chi connectivity index (χ2v) is 7.33. The lowest BCUT2D eigenvalue weighted by Gasteiger charge is -2.28. The highest BCUT2D eigenvalue weighted by atomic mass is 35.5. The molecule has 1 aliphatic rings. The highest BCUT2D eigenvalue weighted by molar-refractivity contribution is 6.35. The summed E-state index contributed by atoms with van der Waals surface area (Å²) >= 11 is 24.3. The minimum Gasteiger partial charge on any atom is -0.391 e. The van der Waals surface area contributed by atoms with E-state index < -0.39 is 6.10 Å². The summed E-state index contributed by atoms with van der Waals surface area (Å²) in [5.41, 5.74) is 2.83. The summed E-state index contributed by atoms with van der Waals surface area (Å²) in [6.07, 6.45) is -0.0307. The molecule has 7 heteroatoms. The van der Waals surface area contributed by atoms with E-state index in [2.05, 4.69) is 4.98 Å². The maximum absolute atomic E-state index is 10.5. The van der Waals surface area contributed by atoms with Crippen molar-refractivity contribution < 1.29 is 5.11 Å². The Morgan fingerprint density at radius 3 is 2.43 bits per heavy atom. The van der Waals surface area contributed by atoms with Crippen molar-refractivity contribution in [2.24, 2.45) is 0 Å². The van der Waals surface area contributed by atoms with Gasteiger partial charge in [-0.05, 0) is 48.0 Å². The van der Waals surface area contributed by atoms with Crippen LogP contribution in [0.4, 0.5) is 0 Å². The second-order valence-electron chi connectivity index (χ2n) is 5.71. The van der Waals surface area contributed by atoms with Crippen LogP contribution in [0.15, 0.2) is 24.3 Å². The van der Waals surface area contributed by atoms with Gasteiger partial charge < -0.3 is 5.11 Å². The Morgan fingerprint density at radius 1 is 1.13 bits per heavy atom. The Bertz CT molecular complexity index is 733. The van der Waals surface area contributed by atoms with Crippen molar-refractivity contribution in [3.63, 3.8) is 0 Å². The molecule has 122 valence electrons. The van der Waals surface area contributed by atoms with Crippen molar-refractivity contribution in [2.75, 3.05) is 7.05 Å². The van der Waals surface area contributed by atoms with Crippen molar-refractivity contribution in [3.8, 4) is 0 Å². The quantitative estimate of drug-likeness (QED) is 0.764. The number of hydrogen-bond donors (Lipinski definition) is 1. The fourth-order valence-electron chi connectivity index (χ4n) is 3.15. The van der Waals surface area contributed by atoms with Crippen LogP contribution in [0.2, 0.25) is 20.4 Å². The van der Waals surface area contributed by atoms with E-state index in [0.29, 0.717) is 33.3 Å². The lowest BCUT2D eigenvalue weighted by molar-refractivity contribution is 0.0725. The van der Waals surface area contributed by atoms with E-state index in [1.54, 1.807) is 18.2 Å². The minimum atomic E-state index is -0.543. The summed E-state index contributed by atoms with van der Waals surface area (Å²) in [4.78, 5) is 5.97. The topological polar surface area (TPSA) is 36.4 Å². The van der Waals surface area contributed by atoms with Crippen LogP contribution < -0.4 is 0 Å². The Hall–Kier alpha value is -0.550.